The van der Waals surface area contributed by atoms with Crippen LogP contribution in [0.15, 0.2) is 121 Å². The normalized spacial score (nSPS) is 11.5. The third-order valence-electron chi connectivity index (χ3n) is 7.20. The third kappa shape index (κ3) is 10.8. The number of hydrogen-bond donors (Lipinski definition) is 2. The maximum atomic E-state index is 13.2. The van der Waals surface area contributed by atoms with Crippen LogP contribution in [0.4, 0.5) is 5.69 Å². The molecule has 0 fully saturated rings. The highest BCUT2D eigenvalue weighted by molar-refractivity contribution is 6.12. The molecule has 0 aliphatic carbocycles. The van der Waals surface area contributed by atoms with Crippen molar-refractivity contribution in [3.05, 3.63) is 144 Å². The monoisotopic (exact) mass is 604 g/mol. The molecule has 0 unspecified atom stereocenters. The number of hydrogen-bond acceptors (Lipinski definition) is 6. The van der Waals surface area contributed by atoms with Gasteiger partial charge < -0.3 is 20.1 Å². The minimum Gasteiger partial charge on any atom is -0.494 e. The highest BCUT2D eigenvalue weighted by Gasteiger charge is 2.22. The lowest BCUT2D eigenvalue weighted by molar-refractivity contribution is -0.141. The quantitative estimate of drug-likeness (QED) is 0.0612. The number of benzene rings is 4. The fraction of sp³-hybridized carbons (Fsp3) is 0.237. The van der Waals surface area contributed by atoms with Crippen molar-refractivity contribution >= 4 is 23.3 Å². The van der Waals surface area contributed by atoms with E-state index in [2.05, 4.69) is 34.9 Å². The number of ether oxygens (including phenoxy) is 2. The van der Waals surface area contributed by atoms with E-state index >= 15 is 0 Å². The second kappa shape index (κ2) is 17.8. The molecule has 1 atom stereocenters. The minimum atomic E-state index is -0.700. The van der Waals surface area contributed by atoms with Crippen LogP contribution in [0.3, 0.4) is 0 Å². The number of ketones is 1. The van der Waals surface area contributed by atoms with E-state index in [-0.39, 0.29) is 11.7 Å². The Bertz CT molecular complexity index is 1540. The molecule has 0 saturated carbocycles. The van der Waals surface area contributed by atoms with E-state index in [1.807, 2.05) is 66.7 Å². The number of methoxy groups -OCH3 is 1. The Kier molecular flexibility index (Phi) is 13.0. The highest BCUT2D eigenvalue weighted by atomic mass is 16.5. The van der Waals surface area contributed by atoms with Crippen LogP contribution in [0.2, 0.25) is 0 Å². The zero-order valence-corrected chi connectivity index (χ0v) is 25.6. The number of amides is 1. The SMILES string of the molecule is COC(=O)[C@H](Cc1ccc(OCCCNC(=O)CCC=CCc2ccccc2)cc1)Nc1ccccc1C(=O)c1ccccc1. The Morgan fingerprint density at radius 3 is 2.20 bits per heavy atom. The number of para-hydroxylation sites is 1. The van der Waals surface area contributed by atoms with Crippen LogP contribution in [-0.2, 0) is 27.2 Å². The van der Waals surface area contributed by atoms with Gasteiger partial charge in [0.2, 0.25) is 5.91 Å². The summed E-state index contributed by atoms with van der Waals surface area (Å²) in [7, 11) is 1.35. The zero-order valence-electron chi connectivity index (χ0n) is 25.6. The van der Waals surface area contributed by atoms with Crippen molar-refractivity contribution in [1.29, 1.82) is 0 Å². The van der Waals surface area contributed by atoms with Crippen molar-refractivity contribution < 1.29 is 23.9 Å². The van der Waals surface area contributed by atoms with Gasteiger partial charge in [0.05, 0.1) is 13.7 Å². The van der Waals surface area contributed by atoms with Crippen molar-refractivity contribution in [2.75, 3.05) is 25.6 Å². The van der Waals surface area contributed by atoms with Gasteiger partial charge in [0.15, 0.2) is 5.78 Å². The van der Waals surface area contributed by atoms with E-state index < -0.39 is 12.0 Å². The van der Waals surface area contributed by atoms with Gasteiger partial charge in [-0.1, -0.05) is 97.1 Å². The van der Waals surface area contributed by atoms with E-state index in [0.717, 1.165) is 12.0 Å². The number of esters is 1. The van der Waals surface area contributed by atoms with Crippen molar-refractivity contribution in [3.63, 3.8) is 0 Å². The van der Waals surface area contributed by atoms with Gasteiger partial charge in [-0.05, 0) is 54.7 Å². The average molecular weight is 605 g/mol. The largest absolute Gasteiger partial charge is 0.494 e. The molecule has 2 N–H and O–H groups in total. The maximum absolute atomic E-state index is 13.2. The molecule has 232 valence electrons. The molecule has 0 aliphatic rings. The van der Waals surface area contributed by atoms with Crippen LogP contribution in [0, 0.1) is 0 Å². The standard InChI is InChI=1S/C38H40N2O5/c1-44-38(43)35(40-34-20-12-11-19-33(34)37(42)31-17-8-4-9-18-31)28-30-22-24-32(25-23-30)45-27-13-26-39-36(41)21-10-3-7-16-29-14-5-2-6-15-29/h2-9,11-12,14-15,17-20,22-25,35,40H,10,13,16,21,26-28H2,1H3,(H,39,41)/t35-/m0/s1. The highest BCUT2D eigenvalue weighted by Crippen LogP contribution is 2.22. The lowest BCUT2D eigenvalue weighted by Gasteiger charge is -2.20. The number of anilines is 1. The molecule has 0 bridgehead atoms. The summed E-state index contributed by atoms with van der Waals surface area (Å²) in [6.07, 6.45) is 7.24. The first-order chi connectivity index (χ1) is 22.0. The first-order valence-electron chi connectivity index (χ1n) is 15.2. The van der Waals surface area contributed by atoms with Crippen molar-refractivity contribution in [1.82, 2.24) is 5.32 Å². The Balaban J connectivity index is 1.20. The predicted octanol–water partition coefficient (Wildman–Crippen LogP) is 6.58. The van der Waals surface area contributed by atoms with Crippen LogP contribution in [0.25, 0.3) is 0 Å². The molecule has 0 heterocycles. The fourth-order valence-corrected chi connectivity index (χ4v) is 4.78. The second-order valence-corrected chi connectivity index (χ2v) is 10.6. The summed E-state index contributed by atoms with van der Waals surface area (Å²) in [5, 5.41) is 6.17. The second-order valence-electron chi connectivity index (χ2n) is 10.6. The van der Waals surface area contributed by atoms with Crippen molar-refractivity contribution in [3.8, 4) is 5.75 Å². The van der Waals surface area contributed by atoms with Crippen LogP contribution in [-0.4, -0.2) is 44.0 Å². The first kappa shape index (κ1) is 32.7. The molecule has 7 heteroatoms. The van der Waals surface area contributed by atoms with Gasteiger partial charge in [-0.3, -0.25) is 9.59 Å². The number of nitrogens with one attached hydrogen (secondary N) is 2. The molecule has 0 spiro atoms. The maximum Gasteiger partial charge on any atom is 0.328 e. The molecule has 4 aromatic carbocycles. The summed E-state index contributed by atoms with van der Waals surface area (Å²) in [6.45, 7) is 1.01. The smallest absolute Gasteiger partial charge is 0.328 e. The summed E-state index contributed by atoms with van der Waals surface area (Å²) in [5.41, 5.74) is 3.77. The average Bonchev–Trinajstić information content (AvgIpc) is 3.08. The summed E-state index contributed by atoms with van der Waals surface area (Å²) < 4.78 is 10.9. The molecule has 4 aromatic rings. The van der Waals surface area contributed by atoms with Crippen molar-refractivity contribution in [2.45, 2.75) is 38.1 Å². The Labute approximate surface area is 265 Å². The van der Waals surface area contributed by atoms with Gasteiger partial charge in [0.25, 0.3) is 0 Å². The fourth-order valence-electron chi connectivity index (χ4n) is 4.78. The lowest BCUT2D eigenvalue weighted by Crippen LogP contribution is -2.33. The van der Waals surface area contributed by atoms with E-state index in [0.29, 0.717) is 61.4 Å². The number of carbonyl (C=O) groups excluding carboxylic acids is 3. The first-order valence-corrected chi connectivity index (χ1v) is 15.2. The Morgan fingerprint density at radius 1 is 0.778 bits per heavy atom. The summed E-state index contributed by atoms with van der Waals surface area (Å²) in [5.74, 6) is 0.178. The van der Waals surface area contributed by atoms with E-state index in [9.17, 15) is 14.4 Å². The number of rotatable bonds is 17. The molecule has 0 saturated heterocycles. The number of carbonyl (C=O) groups is 3. The molecule has 45 heavy (non-hydrogen) atoms. The summed E-state index contributed by atoms with van der Waals surface area (Å²) in [4.78, 5) is 38.0. The third-order valence-corrected chi connectivity index (χ3v) is 7.20. The zero-order chi connectivity index (χ0) is 31.7. The van der Waals surface area contributed by atoms with E-state index in [1.165, 1.54) is 12.7 Å². The van der Waals surface area contributed by atoms with Gasteiger partial charge >= 0.3 is 5.97 Å². The molecular formula is C38H40N2O5. The number of allylic oxidation sites excluding steroid dienone is 2. The molecule has 0 radical (unpaired) electrons. The molecule has 0 aromatic heterocycles. The molecule has 0 aliphatic heterocycles. The Morgan fingerprint density at radius 2 is 1.47 bits per heavy atom. The van der Waals surface area contributed by atoms with Gasteiger partial charge in [0, 0.05) is 36.2 Å². The van der Waals surface area contributed by atoms with Gasteiger partial charge in [0.1, 0.15) is 11.8 Å². The van der Waals surface area contributed by atoms with Crippen LogP contribution >= 0.6 is 0 Å². The van der Waals surface area contributed by atoms with Gasteiger partial charge in [-0.25, -0.2) is 4.79 Å². The Hall–Kier alpha value is -5.17. The molecular weight excluding hydrogens is 564 g/mol. The van der Waals surface area contributed by atoms with Crippen LogP contribution in [0.5, 0.6) is 5.75 Å². The summed E-state index contributed by atoms with van der Waals surface area (Å²) in [6, 6.07) is 33.2. The van der Waals surface area contributed by atoms with E-state index in [4.69, 9.17) is 9.47 Å². The molecule has 4 rings (SSSR count). The predicted molar refractivity (Wildman–Crippen MR) is 178 cm³/mol. The lowest BCUT2D eigenvalue weighted by atomic mass is 10.00. The van der Waals surface area contributed by atoms with Crippen LogP contribution in [0.1, 0.15) is 46.3 Å². The van der Waals surface area contributed by atoms with Gasteiger partial charge in [-0.15, -0.1) is 0 Å². The van der Waals surface area contributed by atoms with E-state index in [1.54, 1.807) is 30.3 Å². The minimum absolute atomic E-state index is 0.0320. The molecule has 1 amide bonds. The molecule has 7 nitrogen and oxygen atoms in total. The van der Waals surface area contributed by atoms with Crippen molar-refractivity contribution in [2.24, 2.45) is 0 Å². The topological polar surface area (TPSA) is 93.7 Å². The van der Waals surface area contributed by atoms with Gasteiger partial charge in [-0.2, -0.15) is 0 Å². The summed E-state index contributed by atoms with van der Waals surface area (Å²) >= 11 is 0. The van der Waals surface area contributed by atoms with Crippen LogP contribution < -0.4 is 15.4 Å².